The summed E-state index contributed by atoms with van der Waals surface area (Å²) in [6, 6.07) is 4.60. The Labute approximate surface area is 119 Å². The maximum atomic E-state index is 12.6. The van der Waals surface area contributed by atoms with E-state index in [1.54, 1.807) is 13.1 Å². The molecule has 0 fully saturated rings. The zero-order valence-electron chi connectivity index (χ0n) is 10.7. The van der Waals surface area contributed by atoms with Gasteiger partial charge >= 0.3 is 6.18 Å². The number of nitrogens with two attached hydrogens (primary N) is 1. The number of nitrogens with zero attached hydrogens (tertiary/aromatic N) is 2. The molecule has 7 heteroatoms. The number of aryl methyl sites for hydroxylation is 1. The number of rotatable bonds is 3. The van der Waals surface area contributed by atoms with Crippen LogP contribution in [0.5, 0.6) is 0 Å². The molecule has 1 unspecified atom stereocenters. The van der Waals surface area contributed by atoms with E-state index < -0.39 is 17.8 Å². The van der Waals surface area contributed by atoms with E-state index in [1.807, 2.05) is 0 Å². The summed E-state index contributed by atoms with van der Waals surface area (Å²) >= 11 is 5.97. The van der Waals surface area contributed by atoms with Crippen LogP contribution in [-0.2, 0) is 19.6 Å². The van der Waals surface area contributed by atoms with Crippen LogP contribution in [0.25, 0.3) is 0 Å². The van der Waals surface area contributed by atoms with Crippen molar-refractivity contribution in [1.82, 2.24) is 9.78 Å². The Morgan fingerprint density at radius 2 is 2.10 bits per heavy atom. The van der Waals surface area contributed by atoms with Crippen LogP contribution in [0.3, 0.4) is 0 Å². The molecule has 0 aliphatic carbocycles. The van der Waals surface area contributed by atoms with Gasteiger partial charge in [-0.25, -0.2) is 0 Å². The second-order valence-electron chi connectivity index (χ2n) is 4.51. The standard InChI is InChI=1S/C13H13ClF3N3/c1-20-12(10(14)7-19-20)11(18)6-8-3-2-4-9(5-8)13(15,16)17/h2-5,7,11H,6,18H2,1H3. The lowest BCUT2D eigenvalue weighted by molar-refractivity contribution is -0.137. The Balaban J connectivity index is 2.22. The molecule has 0 saturated carbocycles. The van der Waals surface area contributed by atoms with Gasteiger partial charge in [0.25, 0.3) is 0 Å². The summed E-state index contributed by atoms with van der Waals surface area (Å²) in [7, 11) is 1.69. The number of alkyl halides is 3. The number of halogens is 4. The number of hydrogen-bond donors (Lipinski definition) is 1. The van der Waals surface area contributed by atoms with Gasteiger partial charge in [0.2, 0.25) is 0 Å². The molecule has 0 radical (unpaired) electrons. The maximum Gasteiger partial charge on any atom is 0.416 e. The summed E-state index contributed by atoms with van der Waals surface area (Å²) in [5.41, 5.74) is 6.43. The van der Waals surface area contributed by atoms with Gasteiger partial charge in [-0.05, 0) is 18.1 Å². The molecule has 0 saturated heterocycles. The number of hydrogen-bond acceptors (Lipinski definition) is 2. The van der Waals surface area contributed by atoms with E-state index in [1.165, 1.54) is 16.9 Å². The number of aromatic nitrogens is 2. The zero-order valence-corrected chi connectivity index (χ0v) is 11.4. The predicted octanol–water partition coefficient (Wildman–Crippen LogP) is 3.33. The van der Waals surface area contributed by atoms with E-state index >= 15 is 0 Å². The third kappa shape index (κ3) is 3.13. The topological polar surface area (TPSA) is 43.8 Å². The van der Waals surface area contributed by atoms with E-state index in [4.69, 9.17) is 17.3 Å². The van der Waals surface area contributed by atoms with Gasteiger partial charge in [0.05, 0.1) is 28.5 Å². The van der Waals surface area contributed by atoms with E-state index in [0.29, 0.717) is 16.3 Å². The predicted molar refractivity (Wildman–Crippen MR) is 70.3 cm³/mol. The summed E-state index contributed by atoms with van der Waals surface area (Å²) < 4.78 is 39.4. The van der Waals surface area contributed by atoms with E-state index in [9.17, 15) is 13.2 Å². The Kier molecular flexibility index (Phi) is 4.06. The van der Waals surface area contributed by atoms with Gasteiger partial charge in [-0.15, -0.1) is 0 Å². The average Bonchev–Trinajstić information content (AvgIpc) is 2.68. The van der Waals surface area contributed by atoms with Crippen LogP contribution in [0.1, 0.15) is 22.9 Å². The Bertz CT molecular complexity index is 588. The lowest BCUT2D eigenvalue weighted by Gasteiger charge is -2.14. The fourth-order valence-electron chi connectivity index (χ4n) is 2.06. The van der Waals surface area contributed by atoms with Crippen LogP contribution in [0.15, 0.2) is 30.5 Å². The molecule has 0 aliphatic rings. The third-order valence-electron chi connectivity index (χ3n) is 3.00. The molecule has 1 heterocycles. The Hall–Kier alpha value is -1.53. The van der Waals surface area contributed by atoms with E-state index in [-0.39, 0.29) is 6.42 Å². The quantitative estimate of drug-likeness (QED) is 0.945. The van der Waals surface area contributed by atoms with Crippen LogP contribution in [-0.4, -0.2) is 9.78 Å². The molecule has 20 heavy (non-hydrogen) atoms. The molecule has 108 valence electrons. The van der Waals surface area contributed by atoms with Gasteiger partial charge in [-0.1, -0.05) is 29.8 Å². The minimum absolute atomic E-state index is 0.253. The van der Waals surface area contributed by atoms with Crippen LogP contribution >= 0.6 is 11.6 Å². The lowest BCUT2D eigenvalue weighted by atomic mass is 10.0. The second kappa shape index (κ2) is 5.46. The van der Waals surface area contributed by atoms with Crippen LogP contribution in [0.2, 0.25) is 5.02 Å². The second-order valence-corrected chi connectivity index (χ2v) is 4.92. The minimum atomic E-state index is -4.36. The third-order valence-corrected chi connectivity index (χ3v) is 3.29. The van der Waals surface area contributed by atoms with Gasteiger partial charge in [0.1, 0.15) is 0 Å². The molecule has 0 amide bonds. The lowest BCUT2D eigenvalue weighted by Crippen LogP contribution is -2.18. The van der Waals surface area contributed by atoms with Gasteiger partial charge < -0.3 is 5.73 Å². The molecule has 3 nitrogen and oxygen atoms in total. The van der Waals surface area contributed by atoms with Crippen molar-refractivity contribution in [1.29, 1.82) is 0 Å². The van der Waals surface area contributed by atoms with Gasteiger partial charge in [0.15, 0.2) is 0 Å². The SMILES string of the molecule is Cn1ncc(Cl)c1C(N)Cc1cccc(C(F)(F)F)c1. The Morgan fingerprint density at radius 1 is 1.40 bits per heavy atom. The molecule has 0 bridgehead atoms. The molecule has 0 aliphatic heterocycles. The summed E-state index contributed by atoms with van der Waals surface area (Å²) in [4.78, 5) is 0. The van der Waals surface area contributed by atoms with Crippen molar-refractivity contribution in [2.24, 2.45) is 12.8 Å². The fraction of sp³-hybridized carbons (Fsp3) is 0.308. The van der Waals surface area contributed by atoms with Crippen LogP contribution in [0, 0.1) is 0 Å². The van der Waals surface area contributed by atoms with Crippen molar-refractivity contribution >= 4 is 11.6 Å². The van der Waals surface area contributed by atoms with Gasteiger partial charge in [-0.3, -0.25) is 4.68 Å². The van der Waals surface area contributed by atoms with Gasteiger partial charge in [-0.2, -0.15) is 18.3 Å². The van der Waals surface area contributed by atoms with E-state index in [2.05, 4.69) is 5.10 Å². The van der Waals surface area contributed by atoms with Crippen molar-refractivity contribution in [3.63, 3.8) is 0 Å². The van der Waals surface area contributed by atoms with Crippen molar-refractivity contribution < 1.29 is 13.2 Å². The summed E-state index contributed by atoms with van der Waals surface area (Å²) in [6.45, 7) is 0. The molecule has 0 spiro atoms. The monoisotopic (exact) mass is 303 g/mol. The van der Waals surface area contributed by atoms with Gasteiger partial charge in [0, 0.05) is 7.05 Å². The Morgan fingerprint density at radius 3 is 2.65 bits per heavy atom. The minimum Gasteiger partial charge on any atom is -0.322 e. The highest BCUT2D eigenvalue weighted by Gasteiger charge is 2.30. The highest BCUT2D eigenvalue weighted by atomic mass is 35.5. The highest BCUT2D eigenvalue weighted by Crippen LogP contribution is 2.30. The van der Waals surface area contributed by atoms with Crippen molar-refractivity contribution in [2.45, 2.75) is 18.6 Å². The molecule has 2 aromatic rings. The first-order valence-electron chi connectivity index (χ1n) is 5.88. The molecule has 1 atom stereocenters. The maximum absolute atomic E-state index is 12.6. The largest absolute Gasteiger partial charge is 0.416 e. The summed E-state index contributed by atoms with van der Waals surface area (Å²) in [5, 5.41) is 4.37. The zero-order chi connectivity index (χ0) is 14.9. The van der Waals surface area contributed by atoms with Crippen LogP contribution in [0.4, 0.5) is 13.2 Å². The average molecular weight is 304 g/mol. The molecule has 2 rings (SSSR count). The first kappa shape index (κ1) is 14.9. The molecule has 1 aromatic carbocycles. The summed E-state index contributed by atoms with van der Waals surface area (Å²) in [6.07, 6.45) is -2.64. The molecular weight excluding hydrogens is 291 g/mol. The fourth-order valence-corrected chi connectivity index (χ4v) is 2.37. The first-order chi connectivity index (χ1) is 9.29. The van der Waals surface area contributed by atoms with E-state index in [0.717, 1.165) is 12.1 Å². The smallest absolute Gasteiger partial charge is 0.322 e. The van der Waals surface area contributed by atoms with Crippen molar-refractivity contribution in [3.8, 4) is 0 Å². The van der Waals surface area contributed by atoms with Crippen LogP contribution < -0.4 is 5.73 Å². The molecular formula is C13H13ClF3N3. The molecule has 1 aromatic heterocycles. The normalized spacial score (nSPS) is 13.5. The van der Waals surface area contributed by atoms with Crippen molar-refractivity contribution in [2.75, 3.05) is 0 Å². The number of benzene rings is 1. The summed E-state index contributed by atoms with van der Waals surface area (Å²) in [5.74, 6) is 0. The highest BCUT2D eigenvalue weighted by molar-refractivity contribution is 6.31. The first-order valence-corrected chi connectivity index (χ1v) is 6.26. The molecule has 2 N–H and O–H groups in total. The van der Waals surface area contributed by atoms with Crippen molar-refractivity contribution in [3.05, 3.63) is 52.3 Å².